The molecule has 1 aromatic carbocycles. The van der Waals surface area contributed by atoms with Crippen LogP contribution < -0.4 is 0 Å². The summed E-state index contributed by atoms with van der Waals surface area (Å²) in [7, 11) is 0. The van der Waals surface area contributed by atoms with Gasteiger partial charge in [0.15, 0.2) is 0 Å². The van der Waals surface area contributed by atoms with Gasteiger partial charge in [-0.15, -0.1) is 0 Å². The Kier molecular flexibility index (Phi) is 3.25. The molecule has 2 heteroatoms. The quantitative estimate of drug-likeness (QED) is 0.851. The molecule has 1 aromatic rings. The first-order valence-corrected chi connectivity index (χ1v) is 8.78. The van der Waals surface area contributed by atoms with E-state index in [4.69, 9.17) is 4.74 Å². The lowest BCUT2D eigenvalue weighted by Crippen LogP contribution is -2.41. The van der Waals surface area contributed by atoms with Gasteiger partial charge in [0, 0.05) is 5.41 Å². The Morgan fingerprint density at radius 2 is 2.18 bits per heavy atom. The molecule has 1 N–H and O–H groups in total. The van der Waals surface area contributed by atoms with Gasteiger partial charge in [0.1, 0.15) is 5.75 Å². The van der Waals surface area contributed by atoms with Crippen LogP contribution in [0.2, 0.25) is 0 Å². The third-order valence-electron chi connectivity index (χ3n) is 6.52. The smallest absolute Gasteiger partial charge is 0.115 e. The van der Waals surface area contributed by atoms with E-state index in [0.717, 1.165) is 24.9 Å². The van der Waals surface area contributed by atoms with Crippen LogP contribution in [0.4, 0.5) is 0 Å². The Hall–Kier alpha value is -1.44. The van der Waals surface area contributed by atoms with Gasteiger partial charge in [-0.05, 0) is 86.1 Å². The molecule has 118 valence electrons. The number of aromatic hydroxyl groups is 1. The second kappa shape index (κ2) is 5.04. The van der Waals surface area contributed by atoms with Crippen LogP contribution in [0.5, 0.6) is 5.75 Å². The van der Waals surface area contributed by atoms with Gasteiger partial charge in [0.05, 0.1) is 12.4 Å². The minimum absolute atomic E-state index is 0.256. The SMILES string of the molecule is CCOC1=CC[C@H]2[C@@H]3CCc4cc(O)ccc4[C@H]3CC[C@]12C. The molecule has 0 heterocycles. The van der Waals surface area contributed by atoms with Gasteiger partial charge in [-0.2, -0.15) is 0 Å². The first-order chi connectivity index (χ1) is 10.6. The molecule has 3 aliphatic carbocycles. The normalized spacial score (nSPS) is 36.1. The van der Waals surface area contributed by atoms with E-state index in [0.29, 0.717) is 11.7 Å². The van der Waals surface area contributed by atoms with E-state index in [2.05, 4.69) is 26.0 Å². The van der Waals surface area contributed by atoms with Crippen molar-refractivity contribution in [1.29, 1.82) is 0 Å². The average Bonchev–Trinajstić information content (AvgIpc) is 2.84. The Morgan fingerprint density at radius 3 is 3.00 bits per heavy atom. The van der Waals surface area contributed by atoms with E-state index in [1.165, 1.54) is 42.6 Å². The highest BCUT2D eigenvalue weighted by Gasteiger charge is 2.52. The topological polar surface area (TPSA) is 29.5 Å². The second-order valence-electron chi connectivity index (χ2n) is 7.49. The lowest BCUT2D eigenvalue weighted by atomic mass is 9.55. The van der Waals surface area contributed by atoms with Gasteiger partial charge in [0.2, 0.25) is 0 Å². The van der Waals surface area contributed by atoms with Gasteiger partial charge in [-0.1, -0.05) is 13.0 Å². The Labute approximate surface area is 133 Å². The maximum Gasteiger partial charge on any atom is 0.115 e. The molecule has 1 saturated carbocycles. The summed E-state index contributed by atoms with van der Waals surface area (Å²) in [6.07, 6.45) is 8.39. The number of phenolic OH excluding ortho intramolecular Hbond substituents is 1. The molecule has 0 aromatic heterocycles. The molecule has 0 spiro atoms. The van der Waals surface area contributed by atoms with Gasteiger partial charge in [-0.3, -0.25) is 0 Å². The van der Waals surface area contributed by atoms with Crippen molar-refractivity contribution < 1.29 is 9.84 Å². The summed E-state index contributed by atoms with van der Waals surface area (Å²) in [6, 6.07) is 6.03. The van der Waals surface area contributed by atoms with E-state index in [9.17, 15) is 5.11 Å². The molecule has 2 nitrogen and oxygen atoms in total. The molecule has 0 unspecified atom stereocenters. The van der Waals surface area contributed by atoms with Crippen molar-refractivity contribution in [3.05, 3.63) is 41.2 Å². The van der Waals surface area contributed by atoms with Crippen LogP contribution in [0.15, 0.2) is 30.0 Å². The van der Waals surface area contributed by atoms with Gasteiger partial charge < -0.3 is 9.84 Å². The number of hydrogen-bond donors (Lipinski definition) is 1. The molecular formula is C20H26O2. The van der Waals surface area contributed by atoms with Crippen molar-refractivity contribution in [2.24, 2.45) is 17.3 Å². The zero-order chi connectivity index (χ0) is 15.3. The number of hydrogen-bond acceptors (Lipinski definition) is 2. The van der Waals surface area contributed by atoms with Crippen LogP contribution in [0.3, 0.4) is 0 Å². The minimum atomic E-state index is 0.256. The van der Waals surface area contributed by atoms with Crippen molar-refractivity contribution in [2.75, 3.05) is 6.61 Å². The molecule has 1 fully saturated rings. The first-order valence-electron chi connectivity index (χ1n) is 8.78. The third-order valence-corrected chi connectivity index (χ3v) is 6.52. The monoisotopic (exact) mass is 298 g/mol. The summed E-state index contributed by atoms with van der Waals surface area (Å²) < 4.78 is 5.97. The van der Waals surface area contributed by atoms with E-state index in [-0.39, 0.29) is 5.41 Å². The van der Waals surface area contributed by atoms with E-state index in [1.54, 1.807) is 0 Å². The second-order valence-corrected chi connectivity index (χ2v) is 7.49. The van der Waals surface area contributed by atoms with Crippen molar-refractivity contribution in [3.63, 3.8) is 0 Å². The van der Waals surface area contributed by atoms with Crippen LogP contribution in [-0.4, -0.2) is 11.7 Å². The summed E-state index contributed by atoms with van der Waals surface area (Å²) in [4.78, 5) is 0. The lowest BCUT2D eigenvalue weighted by molar-refractivity contribution is 0.0295. The fraction of sp³-hybridized carbons (Fsp3) is 0.600. The number of allylic oxidation sites excluding steroid dienone is 2. The maximum atomic E-state index is 9.74. The highest BCUT2D eigenvalue weighted by Crippen LogP contribution is 2.61. The fourth-order valence-corrected chi connectivity index (χ4v) is 5.48. The Bertz CT molecular complexity index is 618. The molecular weight excluding hydrogens is 272 g/mol. The largest absolute Gasteiger partial charge is 0.508 e. The summed E-state index contributed by atoms with van der Waals surface area (Å²) >= 11 is 0. The summed E-state index contributed by atoms with van der Waals surface area (Å²) in [5.41, 5.74) is 3.13. The highest BCUT2D eigenvalue weighted by molar-refractivity contribution is 5.40. The third kappa shape index (κ3) is 1.92. The number of phenols is 1. The van der Waals surface area contributed by atoms with Crippen molar-refractivity contribution in [3.8, 4) is 5.75 Å². The zero-order valence-electron chi connectivity index (χ0n) is 13.6. The standard InChI is InChI=1S/C20H26O2/c1-3-22-19-9-8-18-17-6-4-13-12-14(21)5-7-15(13)16(17)10-11-20(18,19)2/h5,7,9,12,16-18,21H,3-4,6,8,10-11H2,1-2H3/t16-,17-,18+,20+/m1/s1. The average molecular weight is 298 g/mol. The number of fused-ring (bicyclic) bond motifs is 5. The van der Waals surface area contributed by atoms with Crippen LogP contribution >= 0.6 is 0 Å². The lowest BCUT2D eigenvalue weighted by Gasteiger charge is -2.49. The maximum absolute atomic E-state index is 9.74. The molecule has 3 aliphatic rings. The van der Waals surface area contributed by atoms with E-state index < -0.39 is 0 Å². The van der Waals surface area contributed by atoms with Gasteiger partial charge in [0.25, 0.3) is 0 Å². The molecule has 0 saturated heterocycles. The van der Waals surface area contributed by atoms with E-state index >= 15 is 0 Å². The van der Waals surface area contributed by atoms with Gasteiger partial charge in [-0.25, -0.2) is 0 Å². The fourth-order valence-electron chi connectivity index (χ4n) is 5.48. The molecule has 4 rings (SSSR count). The predicted octanol–water partition coefficient (Wildman–Crippen LogP) is 4.78. The summed E-state index contributed by atoms with van der Waals surface area (Å²) in [5, 5.41) is 9.74. The first kappa shape index (κ1) is 14.2. The predicted molar refractivity (Wildman–Crippen MR) is 87.8 cm³/mol. The Morgan fingerprint density at radius 1 is 1.32 bits per heavy atom. The number of benzene rings is 1. The van der Waals surface area contributed by atoms with Crippen LogP contribution in [-0.2, 0) is 11.2 Å². The number of ether oxygens (including phenoxy) is 1. The molecule has 0 aliphatic heterocycles. The molecule has 0 bridgehead atoms. The van der Waals surface area contributed by atoms with Gasteiger partial charge >= 0.3 is 0 Å². The van der Waals surface area contributed by atoms with Crippen LogP contribution in [0, 0.1) is 17.3 Å². The summed E-state index contributed by atoms with van der Waals surface area (Å²) in [6.45, 7) is 5.30. The Balaban J connectivity index is 1.65. The van der Waals surface area contributed by atoms with Crippen LogP contribution in [0.25, 0.3) is 0 Å². The van der Waals surface area contributed by atoms with Crippen molar-refractivity contribution in [2.45, 2.75) is 51.9 Å². The zero-order valence-corrected chi connectivity index (χ0v) is 13.6. The molecule has 0 amide bonds. The van der Waals surface area contributed by atoms with Crippen LogP contribution in [0.1, 0.15) is 56.6 Å². The number of aryl methyl sites for hydroxylation is 1. The number of rotatable bonds is 2. The highest BCUT2D eigenvalue weighted by atomic mass is 16.5. The summed E-state index contributed by atoms with van der Waals surface area (Å²) in [5.74, 6) is 3.85. The minimum Gasteiger partial charge on any atom is -0.508 e. The van der Waals surface area contributed by atoms with Crippen molar-refractivity contribution >= 4 is 0 Å². The molecule has 0 radical (unpaired) electrons. The molecule has 4 atom stereocenters. The molecule has 22 heavy (non-hydrogen) atoms. The van der Waals surface area contributed by atoms with E-state index in [1.807, 2.05) is 12.1 Å². The van der Waals surface area contributed by atoms with Crippen molar-refractivity contribution in [1.82, 2.24) is 0 Å².